The van der Waals surface area contributed by atoms with Gasteiger partial charge in [-0.15, -0.1) is 0 Å². The number of rotatable bonds is 1. The Morgan fingerprint density at radius 2 is 1.83 bits per heavy atom. The van der Waals surface area contributed by atoms with Gasteiger partial charge in [0.25, 0.3) is 0 Å². The molecular weight excluding hydrogens is 280 g/mol. The highest BCUT2D eigenvalue weighted by molar-refractivity contribution is 5.95. The van der Waals surface area contributed by atoms with Gasteiger partial charge in [0.2, 0.25) is 5.69 Å². The average molecular weight is 299 g/mol. The molecule has 0 spiro atoms. The fourth-order valence-electron chi connectivity index (χ4n) is 3.77. The molecule has 23 heavy (non-hydrogen) atoms. The zero-order valence-electron chi connectivity index (χ0n) is 13.6. The van der Waals surface area contributed by atoms with Crippen molar-refractivity contribution in [3.8, 4) is 11.3 Å². The van der Waals surface area contributed by atoms with Gasteiger partial charge in [0.15, 0.2) is 11.9 Å². The van der Waals surface area contributed by atoms with Crippen molar-refractivity contribution in [3.63, 3.8) is 0 Å². The molecule has 1 aliphatic rings. The average Bonchev–Trinajstić information content (AvgIpc) is 3.01. The van der Waals surface area contributed by atoms with Gasteiger partial charge >= 0.3 is 0 Å². The van der Waals surface area contributed by atoms with E-state index in [2.05, 4.69) is 53.8 Å². The van der Waals surface area contributed by atoms with E-state index in [0.717, 1.165) is 5.39 Å². The first-order valence-electron chi connectivity index (χ1n) is 8.10. The summed E-state index contributed by atoms with van der Waals surface area (Å²) in [6, 6.07) is 12.8. The third-order valence-corrected chi connectivity index (χ3v) is 4.94. The third kappa shape index (κ3) is 2.21. The molecule has 1 aliphatic carbocycles. The van der Waals surface area contributed by atoms with Crippen molar-refractivity contribution in [2.75, 3.05) is 0 Å². The number of nitrogens with zero attached hydrogens (tertiary/aromatic N) is 2. The van der Waals surface area contributed by atoms with Crippen molar-refractivity contribution in [3.05, 3.63) is 70.7 Å². The van der Waals surface area contributed by atoms with Crippen LogP contribution in [0.15, 0.2) is 42.6 Å². The molecule has 0 amide bonds. The van der Waals surface area contributed by atoms with E-state index in [0.29, 0.717) is 5.69 Å². The molecule has 0 fully saturated rings. The van der Waals surface area contributed by atoms with Crippen LogP contribution in [0.2, 0.25) is 0 Å². The molecule has 3 aromatic rings. The van der Waals surface area contributed by atoms with E-state index in [1.54, 1.807) is 0 Å². The quantitative estimate of drug-likeness (QED) is 0.455. The Bertz CT molecular complexity index is 977. The van der Waals surface area contributed by atoms with Gasteiger partial charge in [0, 0.05) is 11.6 Å². The first-order valence-corrected chi connectivity index (χ1v) is 8.10. The molecule has 0 saturated carbocycles. The van der Waals surface area contributed by atoms with Crippen LogP contribution in [0.1, 0.15) is 23.1 Å². The molecule has 0 bridgehead atoms. The molecule has 112 valence electrons. The number of aryl methyl sites for hydroxylation is 4. The van der Waals surface area contributed by atoms with Gasteiger partial charge in [-0.3, -0.25) is 0 Å². The monoisotopic (exact) mass is 299 g/mol. The van der Waals surface area contributed by atoms with E-state index in [-0.39, 0.29) is 0 Å². The number of pyridine rings is 1. The maximum Gasteiger partial charge on any atom is 0.220 e. The second-order valence-corrected chi connectivity index (χ2v) is 6.45. The van der Waals surface area contributed by atoms with E-state index in [1.807, 2.05) is 12.1 Å². The van der Waals surface area contributed by atoms with E-state index in [9.17, 15) is 0 Å². The van der Waals surface area contributed by atoms with Crippen LogP contribution in [0.5, 0.6) is 0 Å². The van der Waals surface area contributed by atoms with Gasteiger partial charge in [0.1, 0.15) is 7.05 Å². The summed E-state index contributed by atoms with van der Waals surface area (Å²) in [6.07, 6.45) is 5.78. The molecule has 0 radical (unpaired) electrons. The second-order valence-electron chi connectivity index (χ2n) is 6.45. The van der Waals surface area contributed by atoms with Crippen LogP contribution < -0.4 is 4.57 Å². The van der Waals surface area contributed by atoms with Gasteiger partial charge in [-0.25, -0.2) is 9.41 Å². The highest BCUT2D eigenvalue weighted by atomic mass is 14.9. The van der Waals surface area contributed by atoms with E-state index in [1.165, 1.54) is 52.6 Å². The summed E-state index contributed by atoms with van der Waals surface area (Å²) in [5.74, 6) is 0. The molecule has 0 saturated heterocycles. The Hall–Kier alpha value is -2.66. The molecule has 0 aliphatic heterocycles. The maximum atomic E-state index is 7.22. The van der Waals surface area contributed by atoms with Gasteiger partial charge in [0.05, 0.1) is 12.0 Å². The van der Waals surface area contributed by atoms with Crippen LogP contribution in [0.4, 0.5) is 5.69 Å². The zero-order chi connectivity index (χ0) is 16.0. The molecule has 2 nitrogen and oxygen atoms in total. The highest BCUT2D eigenvalue weighted by Gasteiger charge is 2.20. The molecular formula is C21H19N2+. The Morgan fingerprint density at radius 3 is 2.61 bits per heavy atom. The third-order valence-electron chi connectivity index (χ3n) is 4.94. The maximum absolute atomic E-state index is 7.22. The van der Waals surface area contributed by atoms with Crippen LogP contribution in [0.3, 0.4) is 0 Å². The SMILES string of the molecule is [C-]#[N+]c1ccc2c(-c3cc4c(cc3C)CCC4)[n+](C)ccc2c1. The standard InChI is InChI=1S/C21H19N2/c1-14-11-15-5-4-6-16(15)13-20(14)21-19-8-7-18(22-2)12-17(19)9-10-23(21)3/h7-13H,4-6H2,1,3H3/q+1. The molecule has 1 aromatic heterocycles. The van der Waals surface area contributed by atoms with E-state index in [4.69, 9.17) is 6.57 Å². The first kappa shape index (κ1) is 14.0. The summed E-state index contributed by atoms with van der Waals surface area (Å²) in [4.78, 5) is 3.55. The second kappa shape index (κ2) is 5.21. The topological polar surface area (TPSA) is 8.24 Å². The normalized spacial score (nSPS) is 13.1. The number of hydrogen-bond acceptors (Lipinski definition) is 0. The van der Waals surface area contributed by atoms with Gasteiger partial charge in [-0.05, 0) is 60.4 Å². The van der Waals surface area contributed by atoms with Crippen molar-refractivity contribution in [2.24, 2.45) is 7.05 Å². The largest absolute Gasteiger partial charge is 0.238 e. The fraction of sp³-hybridized carbons (Fsp3) is 0.238. The summed E-state index contributed by atoms with van der Waals surface area (Å²) in [7, 11) is 2.10. The van der Waals surface area contributed by atoms with E-state index < -0.39 is 0 Å². The summed E-state index contributed by atoms with van der Waals surface area (Å²) >= 11 is 0. The summed E-state index contributed by atoms with van der Waals surface area (Å²) in [6.45, 7) is 9.43. The highest BCUT2D eigenvalue weighted by Crippen LogP contribution is 2.34. The lowest BCUT2D eigenvalue weighted by atomic mass is 9.95. The van der Waals surface area contributed by atoms with Gasteiger partial charge in [-0.1, -0.05) is 18.2 Å². The lowest BCUT2D eigenvalue weighted by Gasteiger charge is -2.11. The number of fused-ring (bicyclic) bond motifs is 2. The summed E-state index contributed by atoms with van der Waals surface area (Å²) < 4.78 is 2.20. The van der Waals surface area contributed by atoms with Crippen molar-refractivity contribution < 1.29 is 4.57 Å². The van der Waals surface area contributed by atoms with Crippen LogP contribution in [0.25, 0.3) is 26.9 Å². The van der Waals surface area contributed by atoms with Crippen molar-refractivity contribution in [2.45, 2.75) is 26.2 Å². The minimum atomic E-state index is 0.697. The molecule has 4 rings (SSSR count). The molecule has 0 atom stereocenters. The fourth-order valence-corrected chi connectivity index (χ4v) is 3.77. The van der Waals surface area contributed by atoms with Crippen LogP contribution in [-0.4, -0.2) is 0 Å². The number of aromatic nitrogens is 1. The minimum Gasteiger partial charge on any atom is -0.238 e. The van der Waals surface area contributed by atoms with Crippen LogP contribution in [-0.2, 0) is 19.9 Å². The van der Waals surface area contributed by atoms with Gasteiger partial charge < -0.3 is 0 Å². The molecule has 0 N–H and O–H groups in total. The Balaban J connectivity index is 2.02. The summed E-state index contributed by atoms with van der Waals surface area (Å²) in [5.41, 5.74) is 7.61. The zero-order valence-corrected chi connectivity index (χ0v) is 13.6. The Kier molecular flexibility index (Phi) is 3.16. The van der Waals surface area contributed by atoms with Crippen molar-refractivity contribution in [1.82, 2.24) is 0 Å². The Labute approximate surface area is 136 Å². The molecule has 2 heteroatoms. The van der Waals surface area contributed by atoms with Gasteiger partial charge in [-0.2, -0.15) is 0 Å². The predicted molar refractivity (Wildman–Crippen MR) is 93.6 cm³/mol. The van der Waals surface area contributed by atoms with E-state index >= 15 is 0 Å². The summed E-state index contributed by atoms with van der Waals surface area (Å²) in [5, 5.41) is 2.34. The predicted octanol–water partition coefficient (Wildman–Crippen LogP) is 4.68. The molecule has 1 heterocycles. The number of hydrogen-bond donors (Lipinski definition) is 0. The van der Waals surface area contributed by atoms with Crippen molar-refractivity contribution >= 4 is 16.5 Å². The Morgan fingerprint density at radius 1 is 1.04 bits per heavy atom. The lowest BCUT2D eigenvalue weighted by molar-refractivity contribution is -0.659. The molecule has 0 unspecified atom stereocenters. The molecule has 2 aromatic carbocycles. The minimum absolute atomic E-state index is 0.697. The number of benzene rings is 2. The van der Waals surface area contributed by atoms with Crippen LogP contribution in [0, 0.1) is 13.5 Å². The van der Waals surface area contributed by atoms with Crippen LogP contribution >= 0.6 is 0 Å². The van der Waals surface area contributed by atoms with Crippen molar-refractivity contribution in [1.29, 1.82) is 0 Å². The first-order chi connectivity index (χ1) is 11.2. The lowest BCUT2D eigenvalue weighted by Crippen LogP contribution is -2.30. The smallest absolute Gasteiger partial charge is 0.220 e.